The lowest BCUT2D eigenvalue weighted by molar-refractivity contribution is 0.166. The predicted molar refractivity (Wildman–Crippen MR) is 70.8 cm³/mol. The molecule has 2 rings (SSSR count). The van der Waals surface area contributed by atoms with E-state index in [2.05, 4.69) is 16.9 Å². The van der Waals surface area contributed by atoms with Crippen LogP contribution >= 0.6 is 0 Å². The second kappa shape index (κ2) is 5.52. The van der Waals surface area contributed by atoms with Gasteiger partial charge in [0.2, 0.25) is 0 Å². The van der Waals surface area contributed by atoms with Crippen LogP contribution in [0, 0.1) is 5.92 Å². The van der Waals surface area contributed by atoms with Gasteiger partial charge in [-0.1, -0.05) is 6.92 Å². The maximum absolute atomic E-state index is 11.8. The fraction of sp³-hybridized carbons (Fsp3) is 0.692. The molecule has 1 aromatic heterocycles. The molecule has 100 valence electrons. The van der Waals surface area contributed by atoms with Gasteiger partial charge in [-0.15, -0.1) is 0 Å². The second-order valence-corrected chi connectivity index (χ2v) is 5.25. The van der Waals surface area contributed by atoms with Crippen LogP contribution in [-0.2, 0) is 6.54 Å². The number of aliphatic hydroxyl groups is 1. The molecule has 5 nitrogen and oxygen atoms in total. The lowest BCUT2D eigenvalue weighted by atomic mass is 9.99. The summed E-state index contributed by atoms with van der Waals surface area (Å²) in [7, 11) is 0. The minimum absolute atomic E-state index is 0.146. The first-order valence-corrected chi connectivity index (χ1v) is 6.56. The van der Waals surface area contributed by atoms with E-state index in [1.54, 1.807) is 19.2 Å². The summed E-state index contributed by atoms with van der Waals surface area (Å²) in [5.74, 6) is 0.768. The second-order valence-electron chi connectivity index (χ2n) is 5.25. The molecule has 0 saturated carbocycles. The zero-order chi connectivity index (χ0) is 13.1. The molecule has 0 bridgehead atoms. The molecule has 0 unspecified atom stereocenters. The molecular formula is C13H21N3O2. The van der Waals surface area contributed by atoms with Crippen molar-refractivity contribution >= 4 is 5.69 Å². The Labute approximate surface area is 107 Å². The van der Waals surface area contributed by atoms with Crippen molar-refractivity contribution in [2.45, 2.75) is 39.3 Å². The molecule has 1 N–H and O–H groups in total. The zero-order valence-electron chi connectivity index (χ0n) is 11.0. The minimum Gasteiger partial charge on any atom is -0.391 e. The number of anilines is 1. The number of nitrogens with zero attached hydrogens (tertiary/aromatic N) is 3. The van der Waals surface area contributed by atoms with Crippen LogP contribution in [0.15, 0.2) is 17.1 Å². The molecule has 5 heteroatoms. The van der Waals surface area contributed by atoms with Crippen molar-refractivity contribution in [1.29, 1.82) is 0 Å². The van der Waals surface area contributed by atoms with Crippen molar-refractivity contribution in [3.63, 3.8) is 0 Å². The van der Waals surface area contributed by atoms with Gasteiger partial charge in [-0.25, -0.2) is 4.68 Å². The summed E-state index contributed by atoms with van der Waals surface area (Å²) in [6, 6.07) is 1.62. The van der Waals surface area contributed by atoms with Gasteiger partial charge in [0.1, 0.15) is 0 Å². The monoisotopic (exact) mass is 251 g/mol. The third kappa shape index (κ3) is 3.10. The van der Waals surface area contributed by atoms with E-state index in [1.165, 1.54) is 4.68 Å². The van der Waals surface area contributed by atoms with E-state index in [4.69, 9.17) is 0 Å². The molecule has 0 aliphatic carbocycles. The number of piperidine rings is 1. The topological polar surface area (TPSA) is 58.4 Å². The number of rotatable bonds is 3. The molecular weight excluding hydrogens is 230 g/mol. The molecule has 1 aliphatic heterocycles. The maximum atomic E-state index is 11.8. The summed E-state index contributed by atoms with van der Waals surface area (Å²) in [6.07, 6.45) is 3.49. The van der Waals surface area contributed by atoms with Crippen molar-refractivity contribution < 1.29 is 5.11 Å². The Bertz CT molecular complexity index is 448. The summed E-state index contributed by atoms with van der Waals surface area (Å²) >= 11 is 0. The van der Waals surface area contributed by atoms with Crippen LogP contribution in [0.2, 0.25) is 0 Å². The predicted octanol–water partition coefficient (Wildman–Crippen LogP) is 0.860. The highest BCUT2D eigenvalue weighted by atomic mass is 16.3. The van der Waals surface area contributed by atoms with Crippen LogP contribution in [0.5, 0.6) is 0 Å². The van der Waals surface area contributed by atoms with Crippen LogP contribution in [0.25, 0.3) is 0 Å². The molecule has 0 radical (unpaired) electrons. The Morgan fingerprint density at radius 2 is 2.17 bits per heavy atom. The summed E-state index contributed by atoms with van der Waals surface area (Å²) < 4.78 is 1.31. The van der Waals surface area contributed by atoms with Crippen molar-refractivity contribution in [2.24, 2.45) is 5.92 Å². The summed E-state index contributed by atoms with van der Waals surface area (Å²) in [6.45, 7) is 6.13. The average molecular weight is 251 g/mol. The molecule has 1 saturated heterocycles. The molecule has 0 amide bonds. The van der Waals surface area contributed by atoms with Gasteiger partial charge in [0.15, 0.2) is 0 Å². The number of aliphatic hydroxyl groups excluding tert-OH is 1. The third-order valence-electron chi connectivity index (χ3n) is 3.44. The first-order chi connectivity index (χ1) is 8.56. The van der Waals surface area contributed by atoms with Gasteiger partial charge in [-0.05, 0) is 25.7 Å². The Kier molecular flexibility index (Phi) is 4.01. The van der Waals surface area contributed by atoms with E-state index in [0.29, 0.717) is 0 Å². The van der Waals surface area contributed by atoms with Gasteiger partial charge >= 0.3 is 0 Å². The van der Waals surface area contributed by atoms with E-state index in [9.17, 15) is 9.90 Å². The van der Waals surface area contributed by atoms with Gasteiger partial charge < -0.3 is 10.0 Å². The van der Waals surface area contributed by atoms with Crippen LogP contribution in [0.4, 0.5) is 5.69 Å². The lowest BCUT2D eigenvalue weighted by Crippen LogP contribution is -2.35. The van der Waals surface area contributed by atoms with E-state index in [1.807, 2.05) is 0 Å². The Hall–Kier alpha value is -1.36. The molecule has 2 heterocycles. The van der Waals surface area contributed by atoms with Gasteiger partial charge in [-0.2, -0.15) is 5.10 Å². The largest absolute Gasteiger partial charge is 0.391 e. The molecule has 1 aliphatic rings. The summed E-state index contributed by atoms with van der Waals surface area (Å²) in [5.41, 5.74) is 0.751. The maximum Gasteiger partial charge on any atom is 0.268 e. The van der Waals surface area contributed by atoms with Gasteiger partial charge in [-0.3, -0.25) is 4.79 Å². The van der Waals surface area contributed by atoms with E-state index >= 15 is 0 Å². The number of aromatic nitrogens is 2. The lowest BCUT2D eigenvalue weighted by Gasteiger charge is -2.31. The van der Waals surface area contributed by atoms with Crippen LogP contribution in [0.1, 0.15) is 26.7 Å². The summed E-state index contributed by atoms with van der Waals surface area (Å²) in [4.78, 5) is 14.1. The van der Waals surface area contributed by atoms with E-state index in [-0.39, 0.29) is 12.1 Å². The molecule has 1 fully saturated rings. The highest BCUT2D eigenvalue weighted by Crippen LogP contribution is 2.20. The van der Waals surface area contributed by atoms with E-state index in [0.717, 1.165) is 37.5 Å². The van der Waals surface area contributed by atoms with Gasteiger partial charge in [0.25, 0.3) is 5.56 Å². The first-order valence-electron chi connectivity index (χ1n) is 6.56. The number of hydrogen-bond donors (Lipinski definition) is 1. The van der Waals surface area contributed by atoms with Crippen LogP contribution in [-0.4, -0.2) is 34.1 Å². The molecule has 1 atom stereocenters. The van der Waals surface area contributed by atoms with Gasteiger partial charge in [0, 0.05) is 19.2 Å². The fourth-order valence-corrected chi connectivity index (χ4v) is 2.25. The smallest absolute Gasteiger partial charge is 0.268 e. The van der Waals surface area contributed by atoms with E-state index < -0.39 is 6.10 Å². The van der Waals surface area contributed by atoms with Crippen molar-refractivity contribution in [2.75, 3.05) is 18.0 Å². The Morgan fingerprint density at radius 1 is 1.50 bits per heavy atom. The standard InChI is InChI=1S/C13H21N3O2/c1-10-3-5-15(6-4-10)12-7-13(18)16(14-8-12)9-11(2)17/h7-8,10-11,17H,3-6,9H2,1-2H3/t11-/m0/s1. The zero-order valence-corrected chi connectivity index (χ0v) is 11.0. The molecule has 0 aromatic carbocycles. The van der Waals surface area contributed by atoms with Crippen molar-refractivity contribution in [3.05, 3.63) is 22.6 Å². The highest BCUT2D eigenvalue weighted by molar-refractivity contribution is 5.43. The van der Waals surface area contributed by atoms with Crippen LogP contribution < -0.4 is 10.5 Å². The van der Waals surface area contributed by atoms with Crippen molar-refractivity contribution in [1.82, 2.24) is 9.78 Å². The quantitative estimate of drug-likeness (QED) is 0.865. The highest BCUT2D eigenvalue weighted by Gasteiger charge is 2.17. The SMILES string of the molecule is CC1CCN(c2cnn(C[C@H](C)O)c(=O)c2)CC1. The summed E-state index contributed by atoms with van der Waals surface area (Å²) in [5, 5.41) is 13.4. The molecule has 0 spiro atoms. The van der Waals surface area contributed by atoms with Crippen LogP contribution in [0.3, 0.4) is 0 Å². The normalized spacial score (nSPS) is 18.9. The average Bonchev–Trinajstić information content (AvgIpc) is 2.32. The number of hydrogen-bond acceptors (Lipinski definition) is 4. The third-order valence-corrected chi connectivity index (χ3v) is 3.44. The first kappa shape index (κ1) is 13.1. The minimum atomic E-state index is -0.558. The molecule has 18 heavy (non-hydrogen) atoms. The fourth-order valence-electron chi connectivity index (χ4n) is 2.25. The molecule has 1 aromatic rings. The van der Waals surface area contributed by atoms with Crippen molar-refractivity contribution in [3.8, 4) is 0 Å². The Morgan fingerprint density at radius 3 is 2.72 bits per heavy atom. The Balaban J connectivity index is 2.11. The van der Waals surface area contributed by atoms with Gasteiger partial charge in [0.05, 0.1) is 24.5 Å².